The van der Waals surface area contributed by atoms with Crippen LogP contribution in [-0.2, 0) is 9.59 Å². The van der Waals surface area contributed by atoms with Gasteiger partial charge in [0.1, 0.15) is 0 Å². The van der Waals surface area contributed by atoms with Gasteiger partial charge in [-0.25, -0.2) is 0 Å². The SMILES string of the molecule is Cc1ccc(SCCC(=O)N2CCCC2CC(=O)O)cc1. The summed E-state index contributed by atoms with van der Waals surface area (Å²) in [6.07, 6.45) is 2.25. The molecule has 114 valence electrons. The van der Waals surface area contributed by atoms with E-state index in [1.54, 1.807) is 16.7 Å². The van der Waals surface area contributed by atoms with Crippen molar-refractivity contribution in [3.05, 3.63) is 29.8 Å². The van der Waals surface area contributed by atoms with E-state index in [4.69, 9.17) is 5.11 Å². The van der Waals surface area contributed by atoms with Crippen molar-refractivity contribution in [1.82, 2.24) is 4.90 Å². The number of carboxylic acid groups (broad SMARTS) is 1. The first kappa shape index (κ1) is 15.9. The Labute approximate surface area is 129 Å². The van der Waals surface area contributed by atoms with Gasteiger partial charge >= 0.3 is 5.97 Å². The van der Waals surface area contributed by atoms with Crippen molar-refractivity contribution in [2.75, 3.05) is 12.3 Å². The Hall–Kier alpha value is -1.49. The predicted octanol–water partition coefficient (Wildman–Crippen LogP) is 2.94. The second kappa shape index (κ2) is 7.50. The van der Waals surface area contributed by atoms with Gasteiger partial charge in [0.2, 0.25) is 5.91 Å². The molecule has 1 atom stereocenters. The van der Waals surface area contributed by atoms with Gasteiger partial charge in [0.05, 0.1) is 6.42 Å². The summed E-state index contributed by atoms with van der Waals surface area (Å²) in [7, 11) is 0. The normalized spacial score (nSPS) is 18.0. The summed E-state index contributed by atoms with van der Waals surface area (Å²) >= 11 is 1.67. The number of likely N-dealkylation sites (tertiary alicyclic amines) is 1. The molecular weight excluding hydrogens is 286 g/mol. The minimum atomic E-state index is -0.825. The van der Waals surface area contributed by atoms with Gasteiger partial charge in [-0.3, -0.25) is 9.59 Å². The number of hydrogen-bond donors (Lipinski definition) is 1. The van der Waals surface area contributed by atoms with Gasteiger partial charge in [-0.05, 0) is 31.9 Å². The minimum absolute atomic E-state index is 0.0663. The van der Waals surface area contributed by atoms with Crippen molar-refractivity contribution in [1.29, 1.82) is 0 Å². The summed E-state index contributed by atoms with van der Waals surface area (Å²) in [6, 6.07) is 8.14. The van der Waals surface area contributed by atoms with Crippen LogP contribution in [0.2, 0.25) is 0 Å². The first-order chi connectivity index (χ1) is 10.1. The van der Waals surface area contributed by atoms with E-state index in [9.17, 15) is 9.59 Å². The fraction of sp³-hybridized carbons (Fsp3) is 0.500. The molecule has 5 heteroatoms. The van der Waals surface area contributed by atoms with Crippen LogP contribution in [0.15, 0.2) is 29.2 Å². The van der Waals surface area contributed by atoms with Crippen LogP contribution >= 0.6 is 11.8 Å². The maximum Gasteiger partial charge on any atom is 0.305 e. The molecule has 2 rings (SSSR count). The van der Waals surface area contributed by atoms with Crippen molar-refractivity contribution in [2.45, 2.75) is 43.5 Å². The molecule has 0 aliphatic carbocycles. The van der Waals surface area contributed by atoms with E-state index in [0.29, 0.717) is 13.0 Å². The molecule has 0 spiro atoms. The molecule has 0 radical (unpaired) electrons. The van der Waals surface area contributed by atoms with Crippen LogP contribution < -0.4 is 0 Å². The van der Waals surface area contributed by atoms with E-state index in [2.05, 4.69) is 24.3 Å². The molecule has 1 amide bonds. The summed E-state index contributed by atoms with van der Waals surface area (Å²) in [5.41, 5.74) is 1.23. The molecule has 21 heavy (non-hydrogen) atoms. The highest BCUT2D eigenvalue weighted by atomic mass is 32.2. The number of hydrogen-bond acceptors (Lipinski definition) is 3. The third-order valence-electron chi connectivity index (χ3n) is 3.71. The molecule has 4 nitrogen and oxygen atoms in total. The zero-order chi connectivity index (χ0) is 15.2. The van der Waals surface area contributed by atoms with Crippen molar-refractivity contribution in [3.63, 3.8) is 0 Å². The van der Waals surface area contributed by atoms with Crippen molar-refractivity contribution in [2.24, 2.45) is 0 Å². The molecule has 0 saturated carbocycles. The molecule has 1 saturated heterocycles. The second-order valence-corrected chi connectivity index (χ2v) is 6.56. The maximum atomic E-state index is 12.2. The summed E-state index contributed by atoms with van der Waals surface area (Å²) in [5, 5.41) is 8.88. The van der Waals surface area contributed by atoms with Crippen LogP contribution in [0.4, 0.5) is 0 Å². The first-order valence-corrected chi connectivity index (χ1v) is 8.25. The average molecular weight is 307 g/mol. The Morgan fingerprint density at radius 3 is 2.71 bits per heavy atom. The number of rotatable bonds is 6. The van der Waals surface area contributed by atoms with Crippen molar-refractivity contribution >= 4 is 23.6 Å². The first-order valence-electron chi connectivity index (χ1n) is 7.27. The van der Waals surface area contributed by atoms with E-state index < -0.39 is 5.97 Å². The summed E-state index contributed by atoms with van der Waals surface area (Å²) < 4.78 is 0. The lowest BCUT2D eigenvalue weighted by Gasteiger charge is -2.23. The van der Waals surface area contributed by atoms with Gasteiger partial charge in [0.25, 0.3) is 0 Å². The Balaban J connectivity index is 1.78. The zero-order valence-electron chi connectivity index (χ0n) is 12.2. The number of aryl methyl sites for hydroxylation is 1. The van der Waals surface area contributed by atoms with Crippen LogP contribution in [0, 0.1) is 6.92 Å². The molecule has 1 heterocycles. The Morgan fingerprint density at radius 1 is 1.33 bits per heavy atom. The molecule has 1 aliphatic heterocycles. The quantitative estimate of drug-likeness (QED) is 0.821. The third kappa shape index (κ3) is 4.77. The molecule has 1 aromatic carbocycles. The molecule has 1 unspecified atom stereocenters. The van der Waals surface area contributed by atoms with Crippen LogP contribution in [-0.4, -0.2) is 40.2 Å². The molecule has 0 bridgehead atoms. The summed E-state index contributed by atoms with van der Waals surface area (Å²) in [4.78, 5) is 25.9. The molecule has 1 aliphatic rings. The fourth-order valence-corrected chi connectivity index (χ4v) is 3.45. The lowest BCUT2D eigenvalue weighted by Crippen LogP contribution is -2.36. The number of carbonyl (C=O) groups is 2. The van der Waals surface area contributed by atoms with E-state index in [1.165, 1.54) is 5.56 Å². The molecule has 0 aromatic heterocycles. The highest BCUT2D eigenvalue weighted by Crippen LogP contribution is 2.23. The number of benzene rings is 1. The topological polar surface area (TPSA) is 57.6 Å². The minimum Gasteiger partial charge on any atom is -0.481 e. The number of nitrogens with zero attached hydrogens (tertiary/aromatic N) is 1. The van der Waals surface area contributed by atoms with Gasteiger partial charge in [0, 0.05) is 29.7 Å². The van der Waals surface area contributed by atoms with Gasteiger partial charge in [-0.15, -0.1) is 11.8 Å². The second-order valence-electron chi connectivity index (χ2n) is 5.39. The maximum absolute atomic E-state index is 12.2. The van der Waals surface area contributed by atoms with E-state index in [-0.39, 0.29) is 18.4 Å². The predicted molar refractivity (Wildman–Crippen MR) is 83.5 cm³/mol. The number of aliphatic carboxylic acids is 1. The highest BCUT2D eigenvalue weighted by molar-refractivity contribution is 7.99. The number of thioether (sulfide) groups is 1. The third-order valence-corrected chi connectivity index (χ3v) is 4.73. The Morgan fingerprint density at radius 2 is 2.05 bits per heavy atom. The molecular formula is C16H21NO3S. The summed E-state index contributed by atoms with van der Waals surface area (Å²) in [6.45, 7) is 2.75. The molecule has 1 N–H and O–H groups in total. The van der Waals surface area contributed by atoms with Gasteiger partial charge in [-0.2, -0.15) is 0 Å². The van der Waals surface area contributed by atoms with Gasteiger partial charge in [-0.1, -0.05) is 17.7 Å². The lowest BCUT2D eigenvalue weighted by molar-refractivity contribution is -0.139. The smallest absolute Gasteiger partial charge is 0.305 e. The standard InChI is InChI=1S/C16H21NO3S/c1-12-4-6-14(7-5-12)21-10-8-15(18)17-9-2-3-13(17)11-16(19)20/h4-7,13H,2-3,8-11H2,1H3,(H,19,20). The number of carbonyl (C=O) groups excluding carboxylic acids is 1. The van der Waals surface area contributed by atoms with Gasteiger partial charge in [0.15, 0.2) is 0 Å². The number of carboxylic acids is 1. The van der Waals surface area contributed by atoms with E-state index >= 15 is 0 Å². The van der Waals surface area contributed by atoms with Crippen LogP contribution in [0.1, 0.15) is 31.2 Å². The van der Waals surface area contributed by atoms with E-state index in [1.807, 2.05) is 6.92 Å². The van der Waals surface area contributed by atoms with Crippen LogP contribution in [0.3, 0.4) is 0 Å². The highest BCUT2D eigenvalue weighted by Gasteiger charge is 2.29. The number of amides is 1. The summed E-state index contributed by atoms with van der Waals surface area (Å²) in [5.74, 6) is -0.00912. The average Bonchev–Trinajstić information content (AvgIpc) is 2.88. The molecule has 1 fully saturated rings. The van der Waals surface area contributed by atoms with Crippen molar-refractivity contribution < 1.29 is 14.7 Å². The van der Waals surface area contributed by atoms with Gasteiger partial charge < -0.3 is 10.0 Å². The monoisotopic (exact) mass is 307 g/mol. The Kier molecular flexibility index (Phi) is 5.67. The zero-order valence-corrected chi connectivity index (χ0v) is 13.1. The van der Waals surface area contributed by atoms with Crippen molar-refractivity contribution in [3.8, 4) is 0 Å². The fourth-order valence-electron chi connectivity index (χ4n) is 2.61. The molecule has 1 aromatic rings. The van der Waals surface area contributed by atoms with Crippen LogP contribution in [0.25, 0.3) is 0 Å². The van der Waals surface area contributed by atoms with Crippen LogP contribution in [0.5, 0.6) is 0 Å². The Bertz CT molecular complexity index is 501. The van der Waals surface area contributed by atoms with E-state index in [0.717, 1.165) is 23.5 Å². The largest absolute Gasteiger partial charge is 0.481 e. The lowest BCUT2D eigenvalue weighted by atomic mass is 10.1.